The van der Waals surface area contributed by atoms with Crippen molar-refractivity contribution in [3.05, 3.63) is 70.8 Å². The van der Waals surface area contributed by atoms with Gasteiger partial charge in [-0.25, -0.2) is 0 Å². The molecule has 0 aliphatic rings. The summed E-state index contributed by atoms with van der Waals surface area (Å²) >= 11 is 0. The molecule has 0 aliphatic carbocycles. The lowest BCUT2D eigenvalue weighted by Gasteiger charge is -2.33. The number of hydrogen-bond acceptors (Lipinski definition) is 1. The summed E-state index contributed by atoms with van der Waals surface area (Å²) in [6.07, 6.45) is 8.51. The second-order valence-electron chi connectivity index (χ2n) is 16.3. The van der Waals surface area contributed by atoms with Crippen LogP contribution in [0, 0.1) is 16.7 Å². The van der Waals surface area contributed by atoms with Gasteiger partial charge in [0.05, 0.1) is 6.61 Å². The van der Waals surface area contributed by atoms with Gasteiger partial charge in [0.2, 0.25) is 0 Å². The SMILES string of the molecule is CC.CC.CCC.CCCC(CC)COCc1ccc(C(C)(C)CC(C)(C)C)cc1.CCc1ccc(C(C)(C)CC(C)(C)C)cc1. The topological polar surface area (TPSA) is 9.23 Å². The van der Waals surface area contributed by atoms with E-state index < -0.39 is 0 Å². The van der Waals surface area contributed by atoms with Crippen LogP contribution in [0.3, 0.4) is 0 Å². The lowest BCUT2D eigenvalue weighted by molar-refractivity contribution is 0.0824. The number of aryl methyl sites for hydroxylation is 1. The van der Waals surface area contributed by atoms with Crippen LogP contribution in [0.4, 0.5) is 0 Å². The molecule has 0 N–H and O–H groups in total. The van der Waals surface area contributed by atoms with E-state index in [-0.39, 0.29) is 10.8 Å². The fourth-order valence-corrected chi connectivity index (χ4v) is 6.26. The van der Waals surface area contributed by atoms with E-state index in [1.54, 1.807) is 0 Å². The molecule has 0 fully saturated rings. The molecule has 1 heteroatoms. The summed E-state index contributed by atoms with van der Waals surface area (Å²) in [5, 5.41) is 0. The van der Waals surface area contributed by atoms with Gasteiger partial charge in [0.25, 0.3) is 0 Å². The Hall–Kier alpha value is -1.60. The Morgan fingerprint density at radius 1 is 0.543 bits per heavy atom. The fourth-order valence-electron chi connectivity index (χ4n) is 6.26. The number of ether oxygens (including phenoxy) is 1. The van der Waals surface area contributed by atoms with Gasteiger partial charge in [0, 0.05) is 6.61 Å². The van der Waals surface area contributed by atoms with Crippen LogP contribution >= 0.6 is 0 Å². The summed E-state index contributed by atoms with van der Waals surface area (Å²) in [6, 6.07) is 18.2. The van der Waals surface area contributed by atoms with E-state index in [0.29, 0.717) is 16.7 Å². The standard InChI is InChI=1S/C22H38O.C16H26.C3H8.2C2H6/c1-8-10-18(9-2)15-23-16-19-11-13-20(14-12-19)22(6,7)17-21(3,4)5;1-7-13-8-10-14(11-9-13)16(5,6)12-15(2,3)4;1-3-2;2*1-2/h11-14,18H,8-10,15-17H2,1-7H3;8-11H,7,12H2,1-6H3;3H2,1-2H3;2*1-2H3. The van der Waals surface area contributed by atoms with Crippen molar-refractivity contribution in [1.29, 1.82) is 0 Å². The molecule has 270 valence electrons. The van der Waals surface area contributed by atoms with Crippen LogP contribution in [-0.2, 0) is 28.6 Å². The van der Waals surface area contributed by atoms with Crippen LogP contribution in [0.1, 0.15) is 192 Å². The van der Waals surface area contributed by atoms with Crippen molar-refractivity contribution in [3.63, 3.8) is 0 Å². The minimum atomic E-state index is 0.214. The van der Waals surface area contributed by atoms with Gasteiger partial charge in [-0.05, 0) is 75.5 Å². The average Bonchev–Trinajstić information content (AvgIpc) is 2.97. The molecule has 0 heterocycles. The first-order valence-electron chi connectivity index (χ1n) is 19.1. The van der Waals surface area contributed by atoms with E-state index >= 15 is 0 Å². The first-order valence-corrected chi connectivity index (χ1v) is 19.1. The molecule has 2 aromatic rings. The molecule has 1 atom stereocenters. The Morgan fingerprint density at radius 2 is 0.891 bits per heavy atom. The average molecular weight is 641 g/mol. The van der Waals surface area contributed by atoms with Gasteiger partial charge in [-0.3, -0.25) is 0 Å². The second kappa shape index (κ2) is 25.4. The largest absolute Gasteiger partial charge is 0.376 e. The Morgan fingerprint density at radius 3 is 1.17 bits per heavy atom. The van der Waals surface area contributed by atoms with Crippen LogP contribution in [-0.4, -0.2) is 6.61 Å². The van der Waals surface area contributed by atoms with Crippen molar-refractivity contribution in [2.24, 2.45) is 16.7 Å². The third-order valence-corrected chi connectivity index (χ3v) is 7.72. The summed E-state index contributed by atoms with van der Waals surface area (Å²) in [7, 11) is 0. The summed E-state index contributed by atoms with van der Waals surface area (Å²) in [6.45, 7) is 43.9. The van der Waals surface area contributed by atoms with Gasteiger partial charge < -0.3 is 4.74 Å². The van der Waals surface area contributed by atoms with Crippen molar-refractivity contribution in [3.8, 4) is 0 Å². The quantitative estimate of drug-likeness (QED) is 0.224. The summed E-state index contributed by atoms with van der Waals surface area (Å²) in [5.74, 6) is 0.713. The molecule has 1 nitrogen and oxygen atoms in total. The minimum Gasteiger partial charge on any atom is -0.376 e. The van der Waals surface area contributed by atoms with Gasteiger partial charge in [-0.1, -0.05) is 199 Å². The van der Waals surface area contributed by atoms with Crippen molar-refractivity contribution in [1.82, 2.24) is 0 Å². The maximum absolute atomic E-state index is 5.93. The predicted octanol–water partition coefficient (Wildman–Crippen LogP) is 15.2. The molecular weight excluding hydrogens is 556 g/mol. The molecule has 2 rings (SSSR count). The Kier molecular flexibility index (Phi) is 27.0. The van der Waals surface area contributed by atoms with E-state index in [1.807, 2.05) is 27.7 Å². The normalized spacial score (nSPS) is 12.2. The van der Waals surface area contributed by atoms with Gasteiger partial charge in [-0.15, -0.1) is 0 Å². The van der Waals surface area contributed by atoms with Crippen LogP contribution in [0.2, 0.25) is 0 Å². The zero-order chi connectivity index (χ0) is 36.6. The molecule has 1 unspecified atom stereocenters. The van der Waals surface area contributed by atoms with Crippen LogP contribution in [0.25, 0.3) is 0 Å². The summed E-state index contributed by atoms with van der Waals surface area (Å²) in [4.78, 5) is 0. The monoisotopic (exact) mass is 641 g/mol. The third-order valence-electron chi connectivity index (χ3n) is 7.72. The molecule has 0 spiro atoms. The minimum absolute atomic E-state index is 0.214. The maximum Gasteiger partial charge on any atom is 0.0717 e. The summed E-state index contributed by atoms with van der Waals surface area (Å²) in [5.41, 5.74) is 6.80. The van der Waals surface area contributed by atoms with Crippen LogP contribution in [0.15, 0.2) is 48.5 Å². The molecule has 0 radical (unpaired) electrons. The first kappa shape index (κ1) is 48.8. The van der Waals surface area contributed by atoms with Crippen LogP contribution in [0.5, 0.6) is 0 Å². The highest BCUT2D eigenvalue weighted by molar-refractivity contribution is 5.29. The Balaban J connectivity index is -0.000000699. The van der Waals surface area contributed by atoms with Gasteiger partial charge in [0.15, 0.2) is 0 Å². The molecule has 0 bridgehead atoms. The number of rotatable bonds is 12. The van der Waals surface area contributed by atoms with Crippen molar-refractivity contribution in [2.45, 2.75) is 194 Å². The molecule has 46 heavy (non-hydrogen) atoms. The fraction of sp³-hybridized carbons (Fsp3) is 0.733. The zero-order valence-corrected chi connectivity index (χ0v) is 35.0. The smallest absolute Gasteiger partial charge is 0.0717 e. The molecule has 0 saturated carbocycles. The highest BCUT2D eigenvalue weighted by Gasteiger charge is 2.28. The van der Waals surface area contributed by atoms with E-state index in [1.165, 1.54) is 60.8 Å². The molecule has 0 aromatic heterocycles. The van der Waals surface area contributed by atoms with Crippen molar-refractivity contribution >= 4 is 0 Å². The highest BCUT2D eigenvalue weighted by atomic mass is 16.5. The molecule has 2 aromatic carbocycles. The maximum atomic E-state index is 5.93. The first-order chi connectivity index (χ1) is 21.3. The zero-order valence-electron chi connectivity index (χ0n) is 35.0. The van der Waals surface area contributed by atoms with Gasteiger partial charge in [0.1, 0.15) is 0 Å². The van der Waals surface area contributed by atoms with E-state index in [9.17, 15) is 0 Å². The van der Waals surface area contributed by atoms with Crippen LogP contribution < -0.4 is 0 Å². The molecule has 0 aliphatic heterocycles. The molecule has 0 amide bonds. The predicted molar refractivity (Wildman–Crippen MR) is 213 cm³/mol. The number of hydrogen-bond donors (Lipinski definition) is 0. The molecule has 0 saturated heterocycles. The number of benzene rings is 2. The van der Waals surface area contributed by atoms with E-state index in [0.717, 1.165) is 19.6 Å². The highest BCUT2D eigenvalue weighted by Crippen LogP contribution is 2.37. The van der Waals surface area contributed by atoms with Crippen molar-refractivity contribution < 1.29 is 4.74 Å². The van der Waals surface area contributed by atoms with E-state index in [2.05, 4.69) is 152 Å². The second-order valence-corrected chi connectivity index (χ2v) is 16.3. The third kappa shape index (κ3) is 23.7. The molecular formula is C45H84O. The Labute approximate surface area is 292 Å². The van der Waals surface area contributed by atoms with E-state index in [4.69, 9.17) is 4.74 Å². The Bertz CT molecular complexity index is 932. The lowest BCUT2D eigenvalue weighted by atomic mass is 9.72. The van der Waals surface area contributed by atoms with Gasteiger partial charge >= 0.3 is 0 Å². The van der Waals surface area contributed by atoms with Gasteiger partial charge in [-0.2, -0.15) is 0 Å². The summed E-state index contributed by atoms with van der Waals surface area (Å²) < 4.78 is 5.93. The van der Waals surface area contributed by atoms with Crippen molar-refractivity contribution in [2.75, 3.05) is 6.61 Å². The lowest BCUT2D eigenvalue weighted by Crippen LogP contribution is -2.24.